The topological polar surface area (TPSA) is 3.24 Å². The number of anilines is 1. The van der Waals surface area contributed by atoms with E-state index in [1.807, 2.05) is 0 Å². The highest BCUT2D eigenvalue weighted by Gasteiger charge is 2.11. The number of hydrogen-bond donors (Lipinski definition) is 0. The Labute approximate surface area is 177 Å². The molecule has 0 bridgehead atoms. The number of benzene rings is 1. The lowest BCUT2D eigenvalue weighted by Gasteiger charge is -2.27. The van der Waals surface area contributed by atoms with Gasteiger partial charge >= 0.3 is 0 Å². The fraction of sp³-hybridized carbons (Fsp3) is 0.778. The molecule has 0 N–H and O–H groups in total. The summed E-state index contributed by atoms with van der Waals surface area (Å²) in [4.78, 5) is 2.72. The van der Waals surface area contributed by atoms with Gasteiger partial charge in [0.05, 0.1) is 0 Å². The van der Waals surface area contributed by atoms with E-state index in [1.165, 1.54) is 122 Å². The number of hydrogen-bond acceptors (Lipinski definition) is 1. The number of para-hydroxylation sites is 1. The molecule has 0 atom stereocenters. The van der Waals surface area contributed by atoms with E-state index in [1.54, 1.807) is 5.56 Å². The molecule has 1 aromatic rings. The van der Waals surface area contributed by atoms with Crippen molar-refractivity contribution in [2.45, 2.75) is 124 Å². The summed E-state index contributed by atoms with van der Waals surface area (Å²) in [6.07, 6.45) is 21.8. The van der Waals surface area contributed by atoms with Crippen LogP contribution in [0.1, 0.15) is 123 Å². The fourth-order valence-corrected chi connectivity index (χ4v) is 4.11. The van der Waals surface area contributed by atoms with Gasteiger partial charge in [-0.2, -0.15) is 0 Å². The smallest absolute Gasteiger partial charge is 0.0398 e. The second-order valence-corrected chi connectivity index (χ2v) is 8.61. The zero-order chi connectivity index (χ0) is 20.3. The first-order valence-corrected chi connectivity index (χ1v) is 12.7. The summed E-state index contributed by atoms with van der Waals surface area (Å²) in [5.41, 5.74) is 3.12. The lowest BCUT2D eigenvalue weighted by Crippen LogP contribution is -2.27. The maximum atomic E-state index is 2.72. The summed E-state index contributed by atoms with van der Waals surface area (Å²) in [5.74, 6) is 0. The molecule has 0 unspecified atom stereocenters. The first kappa shape index (κ1) is 25.1. The van der Waals surface area contributed by atoms with Crippen LogP contribution in [0, 0.1) is 0 Å². The van der Waals surface area contributed by atoms with Crippen LogP contribution in [0.4, 0.5) is 5.69 Å². The van der Waals surface area contributed by atoms with Crippen LogP contribution in [-0.4, -0.2) is 13.1 Å². The Kier molecular flexibility index (Phi) is 16.2. The van der Waals surface area contributed by atoms with Gasteiger partial charge in [0.25, 0.3) is 0 Å². The van der Waals surface area contributed by atoms with Crippen LogP contribution in [0.2, 0.25) is 0 Å². The zero-order valence-electron chi connectivity index (χ0n) is 19.5. The first-order chi connectivity index (χ1) is 13.8. The summed E-state index contributed by atoms with van der Waals surface area (Å²) in [7, 11) is 0. The minimum absolute atomic E-state index is 1.24. The molecular formula is C27H49N. The van der Waals surface area contributed by atoms with E-state index in [2.05, 4.69) is 49.9 Å². The van der Waals surface area contributed by atoms with Gasteiger partial charge in [-0.05, 0) is 37.3 Å². The van der Waals surface area contributed by atoms with E-state index >= 15 is 0 Å². The molecule has 0 amide bonds. The van der Waals surface area contributed by atoms with Crippen LogP contribution in [0.3, 0.4) is 0 Å². The van der Waals surface area contributed by atoms with E-state index in [0.29, 0.717) is 0 Å². The normalized spacial score (nSPS) is 11.1. The number of unbranched alkanes of at least 4 members (excludes halogenated alkanes) is 12. The third-order valence-corrected chi connectivity index (χ3v) is 5.95. The Balaban J connectivity index is 2.61. The predicted molar refractivity (Wildman–Crippen MR) is 129 cm³/mol. The molecule has 0 aliphatic heterocycles. The molecule has 0 spiro atoms. The van der Waals surface area contributed by atoms with E-state index in [0.717, 1.165) is 0 Å². The van der Waals surface area contributed by atoms with E-state index < -0.39 is 0 Å². The quantitative estimate of drug-likeness (QED) is 0.214. The Morgan fingerprint density at radius 3 is 1.54 bits per heavy atom. The van der Waals surface area contributed by atoms with Crippen molar-refractivity contribution < 1.29 is 0 Å². The van der Waals surface area contributed by atoms with Crippen molar-refractivity contribution in [1.82, 2.24) is 0 Å². The molecule has 0 radical (unpaired) electrons. The second-order valence-electron chi connectivity index (χ2n) is 8.61. The number of nitrogens with zero attached hydrogens (tertiary/aromatic N) is 1. The molecule has 0 aliphatic rings. The molecule has 1 heteroatoms. The van der Waals surface area contributed by atoms with Gasteiger partial charge in [-0.1, -0.05) is 116 Å². The van der Waals surface area contributed by atoms with Crippen molar-refractivity contribution in [3.05, 3.63) is 29.8 Å². The second kappa shape index (κ2) is 18.1. The van der Waals surface area contributed by atoms with Crippen LogP contribution >= 0.6 is 0 Å². The first-order valence-electron chi connectivity index (χ1n) is 12.7. The fourth-order valence-electron chi connectivity index (χ4n) is 4.11. The van der Waals surface area contributed by atoms with Crippen molar-refractivity contribution in [3.8, 4) is 0 Å². The Hall–Kier alpha value is -0.980. The van der Waals surface area contributed by atoms with Gasteiger partial charge in [0.2, 0.25) is 0 Å². The molecular weight excluding hydrogens is 338 g/mol. The average Bonchev–Trinajstić information content (AvgIpc) is 2.72. The Morgan fingerprint density at radius 2 is 1.00 bits per heavy atom. The summed E-state index contributed by atoms with van der Waals surface area (Å²) < 4.78 is 0. The molecule has 162 valence electrons. The monoisotopic (exact) mass is 387 g/mol. The molecule has 1 aromatic carbocycles. The number of rotatable bonds is 19. The highest BCUT2D eigenvalue weighted by molar-refractivity contribution is 5.53. The molecule has 1 nitrogen and oxygen atoms in total. The SMILES string of the molecule is CCCCCCCc1ccccc1N(CCCCCCC)CCCCCCC. The predicted octanol–water partition coefficient (Wildman–Crippen LogP) is 8.95. The largest absolute Gasteiger partial charge is 0.371 e. The van der Waals surface area contributed by atoms with Crippen molar-refractivity contribution in [2.24, 2.45) is 0 Å². The van der Waals surface area contributed by atoms with Crippen LogP contribution in [0.15, 0.2) is 24.3 Å². The van der Waals surface area contributed by atoms with Crippen molar-refractivity contribution in [2.75, 3.05) is 18.0 Å². The van der Waals surface area contributed by atoms with Gasteiger partial charge in [0, 0.05) is 18.8 Å². The van der Waals surface area contributed by atoms with Gasteiger partial charge in [0.15, 0.2) is 0 Å². The molecule has 0 aliphatic carbocycles. The lowest BCUT2D eigenvalue weighted by molar-refractivity contribution is 0.587. The minimum Gasteiger partial charge on any atom is -0.371 e. The lowest BCUT2D eigenvalue weighted by atomic mass is 10.0. The maximum absolute atomic E-state index is 2.72. The zero-order valence-corrected chi connectivity index (χ0v) is 19.5. The molecule has 1 rings (SSSR count). The van der Waals surface area contributed by atoms with E-state index in [-0.39, 0.29) is 0 Å². The van der Waals surface area contributed by atoms with Crippen molar-refractivity contribution >= 4 is 5.69 Å². The standard InChI is InChI=1S/C27H49N/c1-4-7-10-13-16-21-26-22-17-18-23-27(26)28(24-19-14-11-8-5-2)25-20-15-12-9-6-3/h17-18,22-23H,4-16,19-21,24-25H2,1-3H3. The van der Waals surface area contributed by atoms with Gasteiger partial charge < -0.3 is 4.90 Å². The van der Waals surface area contributed by atoms with Gasteiger partial charge in [0.1, 0.15) is 0 Å². The van der Waals surface area contributed by atoms with Crippen LogP contribution in [-0.2, 0) is 6.42 Å². The molecule has 0 heterocycles. The third kappa shape index (κ3) is 11.8. The molecule has 0 fully saturated rings. The molecule has 0 saturated heterocycles. The molecule has 0 aromatic heterocycles. The highest BCUT2D eigenvalue weighted by atomic mass is 15.1. The Morgan fingerprint density at radius 1 is 0.536 bits per heavy atom. The van der Waals surface area contributed by atoms with Gasteiger partial charge in [-0.3, -0.25) is 0 Å². The third-order valence-electron chi connectivity index (χ3n) is 5.95. The minimum atomic E-state index is 1.24. The van der Waals surface area contributed by atoms with Crippen molar-refractivity contribution in [3.63, 3.8) is 0 Å². The maximum Gasteiger partial charge on any atom is 0.0398 e. The van der Waals surface area contributed by atoms with Gasteiger partial charge in [-0.15, -0.1) is 0 Å². The summed E-state index contributed by atoms with van der Waals surface area (Å²) in [5, 5.41) is 0. The van der Waals surface area contributed by atoms with Gasteiger partial charge in [-0.25, -0.2) is 0 Å². The van der Waals surface area contributed by atoms with E-state index in [9.17, 15) is 0 Å². The summed E-state index contributed by atoms with van der Waals surface area (Å²) in [6.45, 7) is 9.39. The van der Waals surface area contributed by atoms with Crippen LogP contribution in [0.25, 0.3) is 0 Å². The number of aryl methyl sites for hydroxylation is 1. The molecule has 28 heavy (non-hydrogen) atoms. The average molecular weight is 388 g/mol. The molecule has 0 saturated carbocycles. The van der Waals surface area contributed by atoms with E-state index in [4.69, 9.17) is 0 Å². The van der Waals surface area contributed by atoms with Crippen molar-refractivity contribution in [1.29, 1.82) is 0 Å². The van der Waals surface area contributed by atoms with Crippen LogP contribution in [0.5, 0.6) is 0 Å². The highest BCUT2D eigenvalue weighted by Crippen LogP contribution is 2.24. The van der Waals surface area contributed by atoms with Crippen LogP contribution < -0.4 is 4.90 Å². The summed E-state index contributed by atoms with van der Waals surface area (Å²) in [6, 6.07) is 9.26. The Bertz CT molecular complexity index is 439. The summed E-state index contributed by atoms with van der Waals surface area (Å²) >= 11 is 0.